The fourth-order valence-corrected chi connectivity index (χ4v) is 2.29. The third-order valence-electron chi connectivity index (χ3n) is 3.36. The summed E-state index contributed by atoms with van der Waals surface area (Å²) < 4.78 is 0. The molecule has 3 N–H and O–H groups in total. The molecule has 6 heteroatoms. The standard InChI is InChI=1S/C13H26N4O2/c1-3-6-15-13(19)16-12(18)10-17-7-4-11(5-8-17)9-14-2/h11,14H,3-10H2,1-2H3,(H2,15,16,18,19). The first kappa shape index (κ1) is 15.9. The summed E-state index contributed by atoms with van der Waals surface area (Å²) in [5.74, 6) is 0.484. The smallest absolute Gasteiger partial charge is 0.321 e. The minimum Gasteiger partial charge on any atom is -0.338 e. The van der Waals surface area contributed by atoms with Crippen molar-refractivity contribution >= 4 is 11.9 Å². The van der Waals surface area contributed by atoms with E-state index in [4.69, 9.17) is 0 Å². The van der Waals surface area contributed by atoms with Crippen LogP contribution < -0.4 is 16.0 Å². The molecule has 0 bridgehead atoms. The predicted molar refractivity (Wildman–Crippen MR) is 74.9 cm³/mol. The van der Waals surface area contributed by atoms with Gasteiger partial charge in [0, 0.05) is 6.54 Å². The van der Waals surface area contributed by atoms with Gasteiger partial charge in [-0.25, -0.2) is 4.79 Å². The molecule has 1 rings (SSSR count). The zero-order valence-corrected chi connectivity index (χ0v) is 12.0. The molecule has 0 aromatic heterocycles. The molecule has 1 heterocycles. The number of nitrogens with zero attached hydrogens (tertiary/aromatic N) is 1. The van der Waals surface area contributed by atoms with E-state index in [9.17, 15) is 9.59 Å². The van der Waals surface area contributed by atoms with Crippen molar-refractivity contribution in [3.63, 3.8) is 0 Å². The van der Waals surface area contributed by atoms with Crippen molar-refractivity contribution in [2.24, 2.45) is 5.92 Å². The van der Waals surface area contributed by atoms with Gasteiger partial charge < -0.3 is 10.6 Å². The first-order valence-corrected chi connectivity index (χ1v) is 7.10. The molecule has 0 spiro atoms. The molecule has 0 atom stereocenters. The van der Waals surface area contributed by atoms with Crippen molar-refractivity contribution in [3.05, 3.63) is 0 Å². The van der Waals surface area contributed by atoms with E-state index < -0.39 is 6.03 Å². The first-order valence-electron chi connectivity index (χ1n) is 7.10. The van der Waals surface area contributed by atoms with Gasteiger partial charge in [-0.3, -0.25) is 15.0 Å². The lowest BCUT2D eigenvalue weighted by atomic mass is 9.97. The number of piperidine rings is 1. The molecular formula is C13H26N4O2. The highest BCUT2D eigenvalue weighted by molar-refractivity contribution is 5.95. The van der Waals surface area contributed by atoms with Crippen LogP contribution in [0.15, 0.2) is 0 Å². The maximum atomic E-state index is 11.7. The SMILES string of the molecule is CCCNC(=O)NC(=O)CN1CCC(CNC)CC1. The predicted octanol–water partition coefficient (Wildman–Crippen LogP) is 0.154. The van der Waals surface area contributed by atoms with E-state index in [2.05, 4.69) is 20.9 Å². The van der Waals surface area contributed by atoms with E-state index in [0.717, 1.165) is 38.9 Å². The van der Waals surface area contributed by atoms with E-state index in [1.165, 1.54) is 0 Å². The van der Waals surface area contributed by atoms with Gasteiger partial charge >= 0.3 is 6.03 Å². The van der Waals surface area contributed by atoms with Crippen LogP contribution >= 0.6 is 0 Å². The fraction of sp³-hybridized carbons (Fsp3) is 0.846. The average Bonchev–Trinajstić information content (AvgIpc) is 2.39. The van der Waals surface area contributed by atoms with Gasteiger partial charge in [-0.1, -0.05) is 6.92 Å². The van der Waals surface area contributed by atoms with Crippen LogP contribution in [-0.4, -0.2) is 56.6 Å². The Hall–Kier alpha value is -1.14. The second kappa shape index (κ2) is 8.87. The highest BCUT2D eigenvalue weighted by Crippen LogP contribution is 2.15. The molecule has 1 fully saturated rings. The number of urea groups is 1. The van der Waals surface area contributed by atoms with Crippen molar-refractivity contribution in [3.8, 4) is 0 Å². The topological polar surface area (TPSA) is 73.5 Å². The van der Waals surface area contributed by atoms with Crippen LogP contribution in [0.5, 0.6) is 0 Å². The molecule has 1 aliphatic heterocycles. The second-order valence-electron chi connectivity index (χ2n) is 5.08. The molecule has 0 unspecified atom stereocenters. The van der Waals surface area contributed by atoms with Crippen LogP contribution in [0.4, 0.5) is 4.79 Å². The summed E-state index contributed by atoms with van der Waals surface area (Å²) >= 11 is 0. The van der Waals surface area contributed by atoms with Gasteiger partial charge in [-0.15, -0.1) is 0 Å². The Morgan fingerprint density at radius 3 is 2.53 bits per heavy atom. The minimum atomic E-state index is -0.392. The van der Waals surface area contributed by atoms with Crippen LogP contribution in [-0.2, 0) is 4.79 Å². The third kappa shape index (κ3) is 6.54. The monoisotopic (exact) mass is 270 g/mol. The number of hydrogen-bond acceptors (Lipinski definition) is 4. The van der Waals surface area contributed by atoms with Gasteiger partial charge in [0.15, 0.2) is 0 Å². The summed E-state index contributed by atoms with van der Waals surface area (Å²) in [6.45, 7) is 5.77. The summed E-state index contributed by atoms with van der Waals surface area (Å²) in [5, 5.41) is 8.17. The molecule has 0 aromatic carbocycles. The Balaban J connectivity index is 2.17. The molecular weight excluding hydrogens is 244 g/mol. The van der Waals surface area contributed by atoms with Crippen molar-refractivity contribution < 1.29 is 9.59 Å². The average molecular weight is 270 g/mol. The molecule has 6 nitrogen and oxygen atoms in total. The zero-order valence-electron chi connectivity index (χ0n) is 12.0. The first-order chi connectivity index (χ1) is 9.15. The fourth-order valence-electron chi connectivity index (χ4n) is 2.29. The number of amides is 3. The van der Waals surface area contributed by atoms with Gasteiger partial charge in [0.2, 0.25) is 5.91 Å². The van der Waals surface area contributed by atoms with Crippen molar-refractivity contribution in [1.82, 2.24) is 20.9 Å². The van der Waals surface area contributed by atoms with Crippen molar-refractivity contribution in [1.29, 1.82) is 0 Å². The lowest BCUT2D eigenvalue weighted by Gasteiger charge is -2.31. The van der Waals surface area contributed by atoms with Crippen molar-refractivity contribution in [2.75, 3.05) is 39.8 Å². The number of carbonyl (C=O) groups is 2. The van der Waals surface area contributed by atoms with Gasteiger partial charge in [-0.05, 0) is 51.9 Å². The van der Waals surface area contributed by atoms with E-state index >= 15 is 0 Å². The number of hydrogen-bond donors (Lipinski definition) is 3. The summed E-state index contributed by atoms with van der Waals surface area (Å²) in [7, 11) is 1.97. The Morgan fingerprint density at radius 2 is 1.95 bits per heavy atom. The maximum absolute atomic E-state index is 11.7. The number of imide groups is 1. The Kier molecular flexibility index (Phi) is 7.43. The lowest BCUT2D eigenvalue weighted by Crippen LogP contribution is -2.46. The summed E-state index contributed by atoms with van der Waals surface area (Å²) in [6, 6.07) is -0.392. The quantitative estimate of drug-likeness (QED) is 0.642. The Labute approximate surface area is 115 Å². The maximum Gasteiger partial charge on any atom is 0.321 e. The van der Waals surface area contributed by atoms with Gasteiger partial charge in [-0.2, -0.15) is 0 Å². The van der Waals surface area contributed by atoms with Crippen LogP contribution in [0.1, 0.15) is 26.2 Å². The molecule has 0 radical (unpaired) electrons. The van der Waals surface area contributed by atoms with Gasteiger partial charge in [0.05, 0.1) is 6.54 Å². The molecule has 110 valence electrons. The van der Waals surface area contributed by atoms with E-state index in [1.807, 2.05) is 14.0 Å². The molecule has 0 aliphatic carbocycles. The third-order valence-corrected chi connectivity index (χ3v) is 3.36. The lowest BCUT2D eigenvalue weighted by molar-refractivity contribution is -0.121. The largest absolute Gasteiger partial charge is 0.338 e. The number of carbonyl (C=O) groups excluding carboxylic acids is 2. The van der Waals surface area contributed by atoms with Crippen LogP contribution in [0.2, 0.25) is 0 Å². The summed E-state index contributed by atoms with van der Waals surface area (Å²) in [5.41, 5.74) is 0. The molecule has 3 amide bonds. The molecule has 1 aliphatic rings. The number of likely N-dealkylation sites (tertiary alicyclic amines) is 1. The van der Waals surface area contributed by atoms with Gasteiger partial charge in [0.1, 0.15) is 0 Å². The molecule has 19 heavy (non-hydrogen) atoms. The van der Waals surface area contributed by atoms with E-state index in [-0.39, 0.29) is 5.91 Å². The second-order valence-corrected chi connectivity index (χ2v) is 5.08. The molecule has 0 aromatic rings. The van der Waals surface area contributed by atoms with Crippen LogP contribution in [0, 0.1) is 5.92 Å². The normalized spacial score (nSPS) is 17.2. The minimum absolute atomic E-state index is 0.222. The zero-order chi connectivity index (χ0) is 14.1. The van der Waals surface area contributed by atoms with Crippen LogP contribution in [0.3, 0.4) is 0 Å². The van der Waals surface area contributed by atoms with E-state index in [1.54, 1.807) is 0 Å². The van der Waals surface area contributed by atoms with E-state index in [0.29, 0.717) is 19.0 Å². The molecule has 0 saturated carbocycles. The Bertz CT molecular complexity index is 288. The van der Waals surface area contributed by atoms with Gasteiger partial charge in [0.25, 0.3) is 0 Å². The molecule has 1 saturated heterocycles. The Morgan fingerprint density at radius 1 is 1.26 bits per heavy atom. The number of rotatable bonds is 6. The highest BCUT2D eigenvalue weighted by atomic mass is 16.2. The number of nitrogens with one attached hydrogen (secondary N) is 3. The highest BCUT2D eigenvalue weighted by Gasteiger charge is 2.20. The summed E-state index contributed by atoms with van der Waals surface area (Å²) in [6.07, 6.45) is 3.08. The van der Waals surface area contributed by atoms with Crippen LogP contribution in [0.25, 0.3) is 0 Å². The van der Waals surface area contributed by atoms with Crippen molar-refractivity contribution in [2.45, 2.75) is 26.2 Å². The summed E-state index contributed by atoms with van der Waals surface area (Å²) in [4.78, 5) is 25.1.